The Hall–Kier alpha value is 0. The molecule has 0 bridgehead atoms. The minimum atomic E-state index is -1.75. The molecule has 0 aromatic heterocycles. The highest BCUT2D eigenvalue weighted by Crippen LogP contribution is 2.14. The smallest absolute Gasteiger partial charge is 0.0233 e. The molecular formula is C10H22. The molecule has 0 spiro atoms. The molecule has 0 saturated carbocycles. The quantitative estimate of drug-likeness (QED) is 0.551. The van der Waals surface area contributed by atoms with E-state index in [1.807, 2.05) is 6.92 Å². The zero-order chi connectivity index (χ0) is 10.5. The Balaban J connectivity index is 3.54. The van der Waals surface area contributed by atoms with Gasteiger partial charge in [0.25, 0.3) is 0 Å². The van der Waals surface area contributed by atoms with E-state index in [4.69, 9.17) is 4.11 Å². The molecule has 2 unspecified atom stereocenters. The highest BCUT2D eigenvalue weighted by molar-refractivity contribution is 4.52. The molecule has 0 radical (unpaired) electrons. The molecule has 0 aromatic rings. The van der Waals surface area contributed by atoms with Crippen molar-refractivity contribution in [3.8, 4) is 0 Å². The second-order valence-electron chi connectivity index (χ2n) is 3.35. The van der Waals surface area contributed by atoms with Gasteiger partial charge in [-0.3, -0.25) is 0 Å². The first-order chi connectivity index (χ1) is 5.88. The zero-order valence-electron chi connectivity index (χ0n) is 10.5. The first kappa shape index (κ1) is 5.62. The van der Waals surface area contributed by atoms with Crippen molar-refractivity contribution in [1.82, 2.24) is 0 Å². The molecule has 0 nitrogen and oxygen atoms in total. The lowest BCUT2D eigenvalue weighted by atomic mass is 9.98. The lowest BCUT2D eigenvalue weighted by molar-refractivity contribution is 0.449. The van der Waals surface area contributed by atoms with Gasteiger partial charge in [-0.05, 0) is 11.8 Å². The number of hydrogen-bond acceptors (Lipinski definition) is 0. The van der Waals surface area contributed by atoms with Crippen molar-refractivity contribution in [3.05, 3.63) is 0 Å². The summed E-state index contributed by atoms with van der Waals surface area (Å²) in [6.45, 7) is 4.47. The standard InChI is InChI=1S/C10H22/c1-5-10(4)8-6-7-9(2)3/h9-10H,5-8H2,1-4H3/i2D3. The maximum atomic E-state index is 7.20. The van der Waals surface area contributed by atoms with Crippen LogP contribution in [0.5, 0.6) is 0 Å². The molecule has 0 heterocycles. The molecule has 10 heavy (non-hydrogen) atoms. The molecule has 2 atom stereocenters. The molecule has 0 fully saturated rings. The maximum absolute atomic E-state index is 7.20. The van der Waals surface area contributed by atoms with E-state index in [0.717, 1.165) is 25.2 Å². The Morgan fingerprint density at radius 1 is 1.30 bits per heavy atom. The Morgan fingerprint density at radius 2 is 2.00 bits per heavy atom. The van der Waals surface area contributed by atoms with E-state index in [9.17, 15) is 0 Å². The van der Waals surface area contributed by atoms with Crippen LogP contribution in [0.15, 0.2) is 0 Å². The van der Waals surface area contributed by atoms with Crippen LogP contribution in [0.25, 0.3) is 0 Å². The zero-order valence-corrected chi connectivity index (χ0v) is 7.48. The fourth-order valence-corrected chi connectivity index (χ4v) is 0.977. The molecule has 0 aliphatic carbocycles. The van der Waals surface area contributed by atoms with Gasteiger partial charge in [0.05, 0.1) is 0 Å². The molecule has 62 valence electrons. The van der Waals surface area contributed by atoms with E-state index >= 15 is 0 Å². The molecule has 0 aliphatic heterocycles. The predicted molar refractivity (Wildman–Crippen MR) is 48.1 cm³/mol. The van der Waals surface area contributed by atoms with E-state index in [1.54, 1.807) is 0 Å². The van der Waals surface area contributed by atoms with Gasteiger partial charge in [0.1, 0.15) is 0 Å². The van der Waals surface area contributed by atoms with Crippen molar-refractivity contribution in [2.75, 3.05) is 0 Å². The normalized spacial score (nSPS) is 22.5. The Morgan fingerprint density at radius 3 is 2.50 bits per heavy atom. The Labute approximate surface area is 70.2 Å². The van der Waals surface area contributed by atoms with Crippen molar-refractivity contribution >= 4 is 0 Å². The van der Waals surface area contributed by atoms with Crippen LogP contribution < -0.4 is 0 Å². The first-order valence-electron chi connectivity index (χ1n) is 5.88. The largest absolute Gasteiger partial charge is 0.0651 e. The second-order valence-corrected chi connectivity index (χ2v) is 3.35. The van der Waals surface area contributed by atoms with E-state index in [2.05, 4.69) is 13.8 Å². The fraction of sp³-hybridized carbons (Fsp3) is 1.00. The van der Waals surface area contributed by atoms with Crippen molar-refractivity contribution < 1.29 is 4.11 Å². The highest BCUT2D eigenvalue weighted by atomic mass is 14.0. The molecule has 0 aliphatic rings. The lowest BCUT2D eigenvalue weighted by Crippen LogP contribution is -1.94. The van der Waals surface area contributed by atoms with Crippen molar-refractivity contribution in [1.29, 1.82) is 0 Å². The SMILES string of the molecule is [2H]C([2H])([2H])C(C)CCCC(C)CC. The summed E-state index contributed by atoms with van der Waals surface area (Å²) in [4.78, 5) is 0. The predicted octanol–water partition coefficient (Wildman–Crippen LogP) is 3.86. The van der Waals surface area contributed by atoms with Crippen molar-refractivity contribution in [2.24, 2.45) is 11.8 Å². The van der Waals surface area contributed by atoms with Crippen LogP contribution in [-0.4, -0.2) is 0 Å². The second kappa shape index (κ2) is 5.76. The van der Waals surface area contributed by atoms with Crippen LogP contribution in [0.2, 0.25) is 0 Å². The molecular weight excluding hydrogens is 120 g/mol. The van der Waals surface area contributed by atoms with Gasteiger partial charge >= 0.3 is 0 Å². The highest BCUT2D eigenvalue weighted by Gasteiger charge is 1.99. The number of hydrogen-bond donors (Lipinski definition) is 0. The topological polar surface area (TPSA) is 0 Å². The van der Waals surface area contributed by atoms with E-state index in [1.165, 1.54) is 6.42 Å². The van der Waals surface area contributed by atoms with Gasteiger partial charge in [-0.25, -0.2) is 0 Å². The van der Waals surface area contributed by atoms with E-state index in [0.29, 0.717) is 0 Å². The van der Waals surface area contributed by atoms with Gasteiger partial charge in [-0.15, -0.1) is 0 Å². The molecule has 0 aromatic carbocycles. The fourth-order valence-electron chi connectivity index (χ4n) is 0.977. The third-order valence-electron chi connectivity index (χ3n) is 2.03. The summed E-state index contributed by atoms with van der Waals surface area (Å²) in [5, 5.41) is 0. The molecule has 0 N–H and O–H groups in total. The van der Waals surface area contributed by atoms with Crippen LogP contribution in [0.4, 0.5) is 0 Å². The summed E-state index contributed by atoms with van der Waals surface area (Å²) in [5.74, 6) is 0.598. The molecule has 0 heteroatoms. The molecule has 0 rings (SSSR count). The summed E-state index contributed by atoms with van der Waals surface area (Å²) in [6, 6.07) is 0. The van der Waals surface area contributed by atoms with Crippen LogP contribution in [0.3, 0.4) is 0 Å². The summed E-state index contributed by atoms with van der Waals surface area (Å²) < 4.78 is 21.6. The average molecular weight is 145 g/mol. The van der Waals surface area contributed by atoms with Crippen LogP contribution in [0, 0.1) is 11.8 Å². The number of rotatable bonds is 5. The van der Waals surface area contributed by atoms with Crippen LogP contribution in [-0.2, 0) is 0 Å². The maximum Gasteiger partial charge on any atom is 0.0233 e. The average Bonchev–Trinajstić information content (AvgIpc) is 2.02. The lowest BCUT2D eigenvalue weighted by Gasteiger charge is -2.08. The molecule has 0 saturated heterocycles. The van der Waals surface area contributed by atoms with Crippen molar-refractivity contribution in [2.45, 2.75) is 53.3 Å². The van der Waals surface area contributed by atoms with Crippen LogP contribution >= 0.6 is 0 Å². The monoisotopic (exact) mass is 145 g/mol. The summed E-state index contributed by atoms with van der Waals surface area (Å²) in [5.41, 5.74) is 0. The first-order valence-corrected chi connectivity index (χ1v) is 4.38. The minimum Gasteiger partial charge on any atom is -0.0651 e. The van der Waals surface area contributed by atoms with E-state index in [-0.39, 0.29) is 5.92 Å². The third-order valence-corrected chi connectivity index (χ3v) is 2.03. The van der Waals surface area contributed by atoms with Gasteiger partial charge < -0.3 is 0 Å². The Kier molecular flexibility index (Phi) is 3.24. The van der Waals surface area contributed by atoms with Gasteiger partial charge in [0.2, 0.25) is 0 Å². The van der Waals surface area contributed by atoms with Crippen molar-refractivity contribution in [3.63, 3.8) is 0 Å². The van der Waals surface area contributed by atoms with Gasteiger partial charge in [0, 0.05) is 4.11 Å². The molecule has 0 amide bonds. The van der Waals surface area contributed by atoms with Gasteiger partial charge in [0.15, 0.2) is 0 Å². The summed E-state index contributed by atoms with van der Waals surface area (Å²) >= 11 is 0. The van der Waals surface area contributed by atoms with E-state index < -0.39 is 6.85 Å². The third kappa shape index (κ3) is 6.12. The van der Waals surface area contributed by atoms with Gasteiger partial charge in [-0.2, -0.15) is 0 Å². The Bertz CT molecular complexity index is 129. The summed E-state index contributed by atoms with van der Waals surface area (Å²) in [6.07, 6.45) is 4.24. The summed E-state index contributed by atoms with van der Waals surface area (Å²) in [7, 11) is 0. The van der Waals surface area contributed by atoms with Gasteiger partial charge in [-0.1, -0.05) is 53.3 Å². The minimum absolute atomic E-state index is 0.142. The van der Waals surface area contributed by atoms with Crippen LogP contribution in [0.1, 0.15) is 57.4 Å².